The fraction of sp³-hybridized carbons (Fsp3) is 0. The van der Waals surface area contributed by atoms with Crippen molar-refractivity contribution in [1.82, 2.24) is 28.7 Å². The van der Waals surface area contributed by atoms with Crippen LogP contribution in [0.15, 0.2) is 194 Å². The van der Waals surface area contributed by atoms with Crippen molar-refractivity contribution in [3.05, 3.63) is 194 Å². The Bertz CT molecular complexity index is 3390. The lowest BCUT2D eigenvalue weighted by atomic mass is 10.1. The molecule has 4 heterocycles. The summed E-state index contributed by atoms with van der Waals surface area (Å²) in [6, 6.07) is 68.4. The molecule has 0 spiro atoms. The average molecular weight is 729 g/mol. The van der Waals surface area contributed by atoms with Crippen LogP contribution in [0.25, 0.3) is 106 Å². The molecule has 0 saturated heterocycles. The van der Waals surface area contributed by atoms with Crippen LogP contribution in [-0.4, -0.2) is 28.7 Å². The predicted octanol–water partition coefficient (Wildman–Crippen LogP) is 12.5. The zero-order valence-corrected chi connectivity index (χ0v) is 30.7. The van der Waals surface area contributed by atoms with Crippen LogP contribution in [0.4, 0.5) is 0 Å². The molecule has 0 radical (unpaired) electrons. The summed E-state index contributed by atoms with van der Waals surface area (Å²) >= 11 is 0. The maximum Gasteiger partial charge on any atom is 0.238 e. The van der Waals surface area contributed by atoms with E-state index in [0.717, 1.165) is 66.4 Å². The third-order valence-electron chi connectivity index (χ3n) is 11.3. The number of aromatic nitrogens is 6. The van der Waals surface area contributed by atoms with Crippen molar-refractivity contribution in [3.63, 3.8) is 0 Å². The number of nitrogens with zero attached hydrogens (tertiary/aromatic N) is 6. The SMILES string of the molecule is c1ccc(-c2nc(-c3ccccc3)nc(-n3c4ccccc4c4c3c(-n3c5ccccc5c5ccccc53)cc3c5ccccc5n(-c5ccccc5)c34)n2)cc1. The summed E-state index contributed by atoms with van der Waals surface area (Å²) in [5, 5.41) is 7.01. The molecule has 0 fully saturated rings. The minimum atomic E-state index is 0.553. The van der Waals surface area contributed by atoms with Gasteiger partial charge in [-0.1, -0.05) is 152 Å². The monoisotopic (exact) mass is 728 g/mol. The molecule has 0 atom stereocenters. The highest BCUT2D eigenvalue weighted by atomic mass is 15.2. The fourth-order valence-corrected chi connectivity index (χ4v) is 8.89. The Hall–Kier alpha value is -7.83. The molecule has 4 aromatic heterocycles. The highest BCUT2D eigenvalue weighted by Crippen LogP contribution is 2.46. The lowest BCUT2D eigenvalue weighted by molar-refractivity contribution is 0.950. The Kier molecular flexibility index (Phi) is 6.83. The predicted molar refractivity (Wildman–Crippen MR) is 234 cm³/mol. The molecule has 0 unspecified atom stereocenters. The lowest BCUT2D eigenvalue weighted by Crippen LogP contribution is -2.08. The zero-order chi connectivity index (χ0) is 37.5. The minimum Gasteiger partial charge on any atom is -0.309 e. The summed E-state index contributed by atoms with van der Waals surface area (Å²) < 4.78 is 7.14. The highest BCUT2D eigenvalue weighted by molar-refractivity contribution is 6.28. The number of hydrogen-bond acceptors (Lipinski definition) is 3. The van der Waals surface area contributed by atoms with Crippen molar-refractivity contribution >= 4 is 65.4 Å². The standard InChI is InChI=1S/C51H32N6/c1-4-18-33(19-5-1)49-52-50(34-20-6-2-7-21-34)54-51(53-49)57-44-31-17-13-27-39(44)46-47-40(38-26-12-14-28-41(38)55(47)35-22-8-3-9-23-35)32-45(48(46)57)56-42-29-15-10-24-36(42)37-25-11-16-30-43(37)56/h1-32H. The molecule has 8 aromatic carbocycles. The molecule has 6 heteroatoms. The van der Waals surface area contributed by atoms with Gasteiger partial charge in [-0.05, 0) is 42.5 Å². The average Bonchev–Trinajstić information content (AvgIpc) is 3.93. The molecule has 6 nitrogen and oxygen atoms in total. The van der Waals surface area contributed by atoms with Crippen molar-refractivity contribution < 1.29 is 0 Å². The van der Waals surface area contributed by atoms with Gasteiger partial charge in [0.1, 0.15) is 0 Å². The molecule has 57 heavy (non-hydrogen) atoms. The summed E-state index contributed by atoms with van der Waals surface area (Å²) in [6.45, 7) is 0. The van der Waals surface area contributed by atoms with E-state index >= 15 is 0 Å². The zero-order valence-electron chi connectivity index (χ0n) is 30.7. The van der Waals surface area contributed by atoms with E-state index in [-0.39, 0.29) is 0 Å². The van der Waals surface area contributed by atoms with Crippen LogP contribution in [0.2, 0.25) is 0 Å². The smallest absolute Gasteiger partial charge is 0.238 e. The van der Waals surface area contributed by atoms with E-state index in [9.17, 15) is 0 Å². The highest BCUT2D eigenvalue weighted by Gasteiger charge is 2.27. The van der Waals surface area contributed by atoms with E-state index in [1.165, 1.54) is 21.5 Å². The molecule has 12 aromatic rings. The summed E-state index contributed by atoms with van der Waals surface area (Å²) in [4.78, 5) is 15.8. The Morgan fingerprint density at radius 2 is 0.737 bits per heavy atom. The summed E-state index contributed by atoms with van der Waals surface area (Å²) in [5.41, 5.74) is 10.6. The fourth-order valence-electron chi connectivity index (χ4n) is 8.89. The van der Waals surface area contributed by atoms with Crippen molar-refractivity contribution in [2.45, 2.75) is 0 Å². The third-order valence-corrected chi connectivity index (χ3v) is 11.3. The molecular weight excluding hydrogens is 697 g/mol. The molecule has 0 bridgehead atoms. The van der Waals surface area contributed by atoms with Crippen LogP contribution in [0, 0.1) is 0 Å². The van der Waals surface area contributed by atoms with Gasteiger partial charge < -0.3 is 9.13 Å². The van der Waals surface area contributed by atoms with E-state index in [1.54, 1.807) is 0 Å². The van der Waals surface area contributed by atoms with Gasteiger partial charge in [0.15, 0.2) is 11.6 Å². The second-order valence-corrected chi connectivity index (χ2v) is 14.4. The second kappa shape index (κ2) is 12.3. The first kappa shape index (κ1) is 31.5. The van der Waals surface area contributed by atoms with Crippen LogP contribution in [0.5, 0.6) is 0 Å². The number of para-hydroxylation sites is 5. The van der Waals surface area contributed by atoms with Crippen molar-refractivity contribution in [1.29, 1.82) is 0 Å². The second-order valence-electron chi connectivity index (χ2n) is 14.4. The topological polar surface area (TPSA) is 53.5 Å². The van der Waals surface area contributed by atoms with E-state index in [4.69, 9.17) is 15.0 Å². The van der Waals surface area contributed by atoms with Crippen molar-refractivity contribution in [3.8, 4) is 40.1 Å². The maximum atomic E-state index is 5.35. The first-order valence-electron chi connectivity index (χ1n) is 19.2. The van der Waals surface area contributed by atoms with Gasteiger partial charge in [-0.25, -0.2) is 4.98 Å². The third kappa shape index (κ3) is 4.68. The minimum absolute atomic E-state index is 0.553. The Balaban J connectivity index is 1.34. The van der Waals surface area contributed by atoms with Crippen LogP contribution in [-0.2, 0) is 0 Å². The summed E-state index contributed by atoms with van der Waals surface area (Å²) in [7, 11) is 0. The van der Waals surface area contributed by atoms with E-state index < -0.39 is 0 Å². The van der Waals surface area contributed by atoms with E-state index in [0.29, 0.717) is 17.6 Å². The van der Waals surface area contributed by atoms with Gasteiger partial charge in [-0.2, -0.15) is 9.97 Å². The molecular formula is C51H32N6. The summed E-state index contributed by atoms with van der Waals surface area (Å²) in [6.07, 6.45) is 0. The van der Waals surface area contributed by atoms with Gasteiger partial charge in [-0.15, -0.1) is 0 Å². The van der Waals surface area contributed by atoms with Gasteiger partial charge in [0.05, 0.1) is 38.8 Å². The Labute approximate surface area is 327 Å². The number of rotatable bonds is 5. The van der Waals surface area contributed by atoms with Gasteiger partial charge in [0.2, 0.25) is 5.95 Å². The molecule has 0 aliphatic rings. The molecule has 266 valence electrons. The maximum absolute atomic E-state index is 5.35. The first-order valence-corrected chi connectivity index (χ1v) is 19.2. The normalized spacial score (nSPS) is 11.9. The van der Waals surface area contributed by atoms with Crippen molar-refractivity contribution in [2.75, 3.05) is 0 Å². The van der Waals surface area contributed by atoms with Crippen LogP contribution in [0.1, 0.15) is 0 Å². The molecule has 0 amide bonds. The molecule has 0 aliphatic heterocycles. The molecule has 0 N–H and O–H groups in total. The Morgan fingerprint density at radius 3 is 1.28 bits per heavy atom. The number of hydrogen-bond donors (Lipinski definition) is 0. The molecule has 0 saturated carbocycles. The first-order chi connectivity index (χ1) is 28.3. The quantitative estimate of drug-likeness (QED) is 0.177. The van der Waals surface area contributed by atoms with Crippen LogP contribution in [0.3, 0.4) is 0 Å². The van der Waals surface area contributed by atoms with Gasteiger partial charge >= 0.3 is 0 Å². The molecule has 12 rings (SSSR count). The van der Waals surface area contributed by atoms with Gasteiger partial charge in [0.25, 0.3) is 0 Å². The van der Waals surface area contributed by atoms with Gasteiger partial charge in [-0.3, -0.25) is 4.57 Å². The van der Waals surface area contributed by atoms with E-state index in [2.05, 4.69) is 171 Å². The number of benzene rings is 8. The van der Waals surface area contributed by atoms with E-state index in [1.807, 2.05) is 36.4 Å². The van der Waals surface area contributed by atoms with Gasteiger partial charge in [0, 0.05) is 49.1 Å². The lowest BCUT2D eigenvalue weighted by Gasteiger charge is -2.16. The van der Waals surface area contributed by atoms with Crippen LogP contribution >= 0.6 is 0 Å². The summed E-state index contributed by atoms with van der Waals surface area (Å²) in [5.74, 6) is 1.78. The largest absolute Gasteiger partial charge is 0.309 e. The van der Waals surface area contributed by atoms with Crippen molar-refractivity contribution in [2.24, 2.45) is 0 Å². The van der Waals surface area contributed by atoms with Crippen LogP contribution < -0.4 is 0 Å². The Morgan fingerprint density at radius 1 is 0.316 bits per heavy atom. The number of fused-ring (bicyclic) bond motifs is 10. The molecule has 0 aliphatic carbocycles.